The third-order valence-electron chi connectivity index (χ3n) is 5.36. The number of carbonyl (C=O) groups excluding carboxylic acids is 1. The first-order valence-electron chi connectivity index (χ1n) is 10.5. The second-order valence-corrected chi connectivity index (χ2v) is 9.94. The molecule has 0 aliphatic rings. The van der Waals surface area contributed by atoms with Crippen molar-refractivity contribution in [3.8, 4) is 11.5 Å². The van der Waals surface area contributed by atoms with Crippen molar-refractivity contribution in [2.24, 2.45) is 0 Å². The number of carbonyl (C=O) groups is 1. The van der Waals surface area contributed by atoms with E-state index in [-0.39, 0.29) is 21.5 Å². The number of methoxy groups -OCH3 is 2. The number of anilines is 1. The number of sulfonamides is 1. The Bertz CT molecular complexity index is 1320. The van der Waals surface area contributed by atoms with Gasteiger partial charge in [-0.25, -0.2) is 8.42 Å². The molecule has 0 aliphatic heterocycles. The van der Waals surface area contributed by atoms with E-state index in [9.17, 15) is 13.2 Å². The van der Waals surface area contributed by atoms with Gasteiger partial charge in [-0.05, 0) is 68.3 Å². The maximum absolute atomic E-state index is 13.1. The van der Waals surface area contributed by atoms with Gasteiger partial charge in [-0.2, -0.15) is 0 Å². The summed E-state index contributed by atoms with van der Waals surface area (Å²) in [5.74, 6) is 0.675. The zero-order valence-electron chi connectivity index (χ0n) is 19.6. The summed E-state index contributed by atoms with van der Waals surface area (Å²) in [7, 11) is -0.945. The number of hydrogen-bond donors (Lipinski definition) is 2. The zero-order valence-corrected chi connectivity index (χ0v) is 21.2. The highest BCUT2D eigenvalue weighted by molar-refractivity contribution is 7.92. The van der Waals surface area contributed by atoms with Crippen molar-refractivity contribution in [1.82, 2.24) is 5.32 Å². The molecule has 0 saturated heterocycles. The summed E-state index contributed by atoms with van der Waals surface area (Å²) in [4.78, 5) is 12.7. The first-order valence-corrected chi connectivity index (χ1v) is 12.3. The van der Waals surface area contributed by atoms with Gasteiger partial charge in [0.1, 0.15) is 4.90 Å². The lowest BCUT2D eigenvalue weighted by atomic mass is 10.1. The molecule has 2 N–H and O–H groups in total. The Kier molecular flexibility index (Phi) is 7.74. The highest BCUT2D eigenvalue weighted by atomic mass is 35.5. The lowest BCUT2D eigenvalue weighted by Crippen LogP contribution is -2.27. The molecule has 3 aromatic rings. The van der Waals surface area contributed by atoms with Crippen molar-refractivity contribution in [3.05, 3.63) is 81.9 Å². The molecular formula is C25H27ClN2O5S. The van der Waals surface area contributed by atoms with Crippen LogP contribution in [0.3, 0.4) is 0 Å². The van der Waals surface area contributed by atoms with Gasteiger partial charge in [0.15, 0.2) is 11.5 Å². The van der Waals surface area contributed by atoms with Crippen molar-refractivity contribution in [2.75, 3.05) is 18.9 Å². The fourth-order valence-electron chi connectivity index (χ4n) is 3.46. The van der Waals surface area contributed by atoms with Crippen LogP contribution in [0.1, 0.15) is 40.0 Å². The van der Waals surface area contributed by atoms with Crippen LogP contribution in [0.2, 0.25) is 5.02 Å². The summed E-state index contributed by atoms with van der Waals surface area (Å²) in [6.07, 6.45) is 0. The van der Waals surface area contributed by atoms with Gasteiger partial charge in [0, 0.05) is 5.56 Å². The summed E-state index contributed by atoms with van der Waals surface area (Å²) < 4.78 is 39.2. The molecular weight excluding hydrogens is 476 g/mol. The number of ether oxygens (including phenoxy) is 2. The molecule has 1 amide bonds. The fourth-order valence-corrected chi connectivity index (χ4v) is 5.12. The second-order valence-electron chi connectivity index (χ2n) is 7.88. The highest BCUT2D eigenvalue weighted by Crippen LogP contribution is 2.30. The normalized spacial score (nSPS) is 12.1. The average Bonchev–Trinajstić information content (AvgIpc) is 2.80. The fraction of sp³-hybridized carbons (Fsp3) is 0.240. The molecule has 3 rings (SSSR count). The van der Waals surface area contributed by atoms with E-state index in [1.54, 1.807) is 25.3 Å². The van der Waals surface area contributed by atoms with Gasteiger partial charge in [-0.1, -0.05) is 35.4 Å². The molecule has 0 radical (unpaired) electrons. The third-order valence-corrected chi connectivity index (χ3v) is 7.21. The van der Waals surface area contributed by atoms with Gasteiger partial charge in [0.05, 0.1) is 31.0 Å². The minimum absolute atomic E-state index is 0.0155. The Morgan fingerprint density at radius 3 is 2.29 bits per heavy atom. The Hall–Kier alpha value is -3.23. The lowest BCUT2D eigenvalue weighted by Gasteiger charge is -2.17. The van der Waals surface area contributed by atoms with E-state index in [0.29, 0.717) is 17.2 Å². The lowest BCUT2D eigenvalue weighted by molar-refractivity contribution is 0.0939. The molecule has 0 bridgehead atoms. The summed E-state index contributed by atoms with van der Waals surface area (Å²) in [6.45, 7) is 5.55. The maximum Gasteiger partial charge on any atom is 0.263 e. The van der Waals surface area contributed by atoms with Crippen LogP contribution in [-0.2, 0) is 10.0 Å². The predicted octanol–water partition coefficient (Wildman–Crippen LogP) is 5.27. The Balaban J connectivity index is 1.84. The summed E-state index contributed by atoms with van der Waals surface area (Å²) >= 11 is 6.20. The number of benzene rings is 3. The van der Waals surface area contributed by atoms with Gasteiger partial charge < -0.3 is 14.8 Å². The number of hydrogen-bond acceptors (Lipinski definition) is 5. The molecule has 0 heterocycles. The summed E-state index contributed by atoms with van der Waals surface area (Å²) in [5, 5.41) is 2.89. The zero-order chi connectivity index (χ0) is 25.0. The molecule has 0 aromatic heterocycles. The largest absolute Gasteiger partial charge is 0.493 e. The Morgan fingerprint density at radius 2 is 1.65 bits per heavy atom. The van der Waals surface area contributed by atoms with Gasteiger partial charge in [-0.3, -0.25) is 9.52 Å². The Morgan fingerprint density at radius 1 is 0.941 bits per heavy atom. The minimum Gasteiger partial charge on any atom is -0.493 e. The number of amides is 1. The molecule has 7 nitrogen and oxygen atoms in total. The molecule has 0 unspecified atom stereocenters. The van der Waals surface area contributed by atoms with Crippen molar-refractivity contribution in [3.63, 3.8) is 0 Å². The number of nitrogens with one attached hydrogen (secondary N) is 2. The molecule has 0 fully saturated rings. The smallest absolute Gasteiger partial charge is 0.263 e. The molecule has 0 aliphatic carbocycles. The summed E-state index contributed by atoms with van der Waals surface area (Å²) in [5.41, 5.74) is 3.19. The van der Waals surface area contributed by atoms with Crippen molar-refractivity contribution >= 4 is 33.2 Å². The first-order chi connectivity index (χ1) is 16.1. The predicted molar refractivity (Wildman–Crippen MR) is 134 cm³/mol. The van der Waals surface area contributed by atoms with E-state index in [2.05, 4.69) is 10.0 Å². The van der Waals surface area contributed by atoms with Crippen LogP contribution >= 0.6 is 11.6 Å². The molecule has 3 aromatic carbocycles. The molecule has 0 spiro atoms. The standard InChI is InChI=1S/C25H27ClN2O5S/c1-15-6-10-21(16(2)12-15)28-34(30,31)24-14-19(7-9-20(24)26)25(29)27-17(3)18-8-11-22(32-4)23(13-18)33-5/h6-14,17,28H,1-5H3,(H,27,29)/t17-/m0/s1. The number of halogens is 1. The molecule has 34 heavy (non-hydrogen) atoms. The van der Waals surface area contributed by atoms with Gasteiger partial charge >= 0.3 is 0 Å². The topological polar surface area (TPSA) is 93.7 Å². The van der Waals surface area contributed by atoms with E-state index >= 15 is 0 Å². The molecule has 180 valence electrons. The summed E-state index contributed by atoms with van der Waals surface area (Å²) in [6, 6.07) is 14.5. The van der Waals surface area contributed by atoms with E-state index in [0.717, 1.165) is 16.7 Å². The molecule has 1 atom stereocenters. The van der Waals surface area contributed by atoms with Crippen LogP contribution in [0, 0.1) is 13.8 Å². The van der Waals surface area contributed by atoms with E-state index < -0.39 is 15.9 Å². The SMILES string of the molecule is COc1ccc([C@H](C)NC(=O)c2ccc(Cl)c(S(=O)(=O)Nc3ccc(C)cc3C)c2)cc1OC. The van der Waals surface area contributed by atoms with E-state index in [4.69, 9.17) is 21.1 Å². The van der Waals surface area contributed by atoms with Gasteiger partial charge in [0.25, 0.3) is 15.9 Å². The van der Waals surface area contributed by atoms with Crippen LogP contribution < -0.4 is 19.5 Å². The van der Waals surface area contributed by atoms with E-state index in [1.807, 2.05) is 39.0 Å². The van der Waals surface area contributed by atoms with Crippen LogP contribution in [0.25, 0.3) is 0 Å². The number of aryl methyl sites for hydroxylation is 2. The van der Waals surface area contributed by atoms with Crippen molar-refractivity contribution in [2.45, 2.75) is 31.7 Å². The van der Waals surface area contributed by atoms with Crippen molar-refractivity contribution in [1.29, 1.82) is 0 Å². The quantitative estimate of drug-likeness (QED) is 0.438. The maximum atomic E-state index is 13.1. The van der Waals surface area contributed by atoms with Crippen LogP contribution in [0.4, 0.5) is 5.69 Å². The second kappa shape index (κ2) is 10.4. The number of rotatable bonds is 8. The monoisotopic (exact) mass is 502 g/mol. The average molecular weight is 503 g/mol. The van der Waals surface area contributed by atoms with Gasteiger partial charge in [0.2, 0.25) is 0 Å². The van der Waals surface area contributed by atoms with Gasteiger partial charge in [-0.15, -0.1) is 0 Å². The van der Waals surface area contributed by atoms with Crippen LogP contribution in [0.15, 0.2) is 59.5 Å². The minimum atomic E-state index is -4.03. The first kappa shape index (κ1) is 25.4. The Labute approximate surface area is 205 Å². The highest BCUT2D eigenvalue weighted by Gasteiger charge is 2.22. The van der Waals surface area contributed by atoms with Crippen LogP contribution in [-0.4, -0.2) is 28.5 Å². The van der Waals surface area contributed by atoms with E-state index in [1.165, 1.54) is 25.3 Å². The van der Waals surface area contributed by atoms with Crippen LogP contribution in [0.5, 0.6) is 11.5 Å². The van der Waals surface area contributed by atoms with Crippen molar-refractivity contribution < 1.29 is 22.7 Å². The molecule has 0 saturated carbocycles. The third kappa shape index (κ3) is 5.63. The molecule has 9 heteroatoms.